The minimum absolute atomic E-state index is 0.0892. The van der Waals surface area contributed by atoms with Crippen LogP contribution in [-0.4, -0.2) is 96.3 Å². The molecule has 1 aliphatic heterocycles. The van der Waals surface area contributed by atoms with Crippen LogP contribution < -0.4 is 16.0 Å². The second-order valence-corrected chi connectivity index (χ2v) is 15.5. The van der Waals surface area contributed by atoms with Gasteiger partial charge in [0.2, 0.25) is 11.8 Å². The van der Waals surface area contributed by atoms with Gasteiger partial charge < -0.3 is 20.9 Å². The van der Waals surface area contributed by atoms with Crippen LogP contribution >= 0.6 is 12.2 Å². The van der Waals surface area contributed by atoms with Gasteiger partial charge in [0.1, 0.15) is 24.3 Å². The van der Waals surface area contributed by atoms with Gasteiger partial charge in [-0.05, 0) is 69.9 Å². The van der Waals surface area contributed by atoms with Crippen LogP contribution in [0, 0.1) is 16.7 Å². The second-order valence-electron chi connectivity index (χ2n) is 14.4. The fourth-order valence-corrected chi connectivity index (χ4v) is 6.30. The van der Waals surface area contributed by atoms with E-state index in [1.54, 1.807) is 9.96 Å². The lowest BCUT2D eigenvalue weighted by atomic mass is 9.70. The fourth-order valence-electron chi connectivity index (χ4n) is 6.00. The number of nitrogens with zero attached hydrogens (tertiary/aromatic N) is 3. The SMILES string of the molecule is CC(=O)C(CC(C)C)NC(=O)C1CCCN1C(=O)C(NC(=O)NC(CN(C)OSN(C)C)C(C)(C)C)C1(C)CCCCC1. The van der Waals surface area contributed by atoms with Crippen molar-refractivity contribution in [3.05, 3.63) is 0 Å². The fraction of sp³-hybridized carbons (Fsp3) is 0.871. The highest BCUT2D eigenvalue weighted by atomic mass is 32.2. The molecule has 2 fully saturated rings. The number of rotatable bonds is 14. The summed E-state index contributed by atoms with van der Waals surface area (Å²) >= 11 is 1.20. The monoisotopic (exact) mass is 626 g/mol. The molecule has 248 valence electrons. The summed E-state index contributed by atoms with van der Waals surface area (Å²) in [6.07, 6.45) is 6.47. The van der Waals surface area contributed by atoms with Crippen molar-refractivity contribution >= 4 is 35.9 Å². The molecule has 1 aliphatic carbocycles. The summed E-state index contributed by atoms with van der Waals surface area (Å²) in [4.78, 5) is 55.2. The Bertz CT molecular complexity index is 949. The summed E-state index contributed by atoms with van der Waals surface area (Å²) in [6, 6.07) is -2.70. The number of hydrogen-bond acceptors (Lipinski definition) is 8. The van der Waals surface area contributed by atoms with Gasteiger partial charge in [0, 0.05) is 20.1 Å². The molecule has 12 heteroatoms. The van der Waals surface area contributed by atoms with Crippen LogP contribution in [0.4, 0.5) is 4.79 Å². The van der Waals surface area contributed by atoms with Gasteiger partial charge in [-0.2, -0.15) is 5.06 Å². The van der Waals surface area contributed by atoms with Crippen molar-refractivity contribution in [1.29, 1.82) is 0 Å². The first-order valence-electron chi connectivity index (χ1n) is 15.9. The molecule has 0 spiro atoms. The molecular formula is C31H58N6O5S. The molecule has 4 amide bonds. The van der Waals surface area contributed by atoms with Crippen LogP contribution in [0.3, 0.4) is 0 Å². The normalized spacial score (nSPS) is 21.0. The molecule has 0 aromatic carbocycles. The number of hydrogen-bond donors (Lipinski definition) is 3. The number of Topliss-reactive ketones (excluding diaryl/α,β-unsaturated/α-hetero) is 1. The number of urea groups is 1. The number of hydroxylamine groups is 2. The highest BCUT2D eigenvalue weighted by Crippen LogP contribution is 2.40. The van der Waals surface area contributed by atoms with Gasteiger partial charge in [0.25, 0.3) is 0 Å². The predicted molar refractivity (Wildman–Crippen MR) is 172 cm³/mol. The van der Waals surface area contributed by atoms with Crippen LogP contribution in [0.1, 0.15) is 99.8 Å². The molecular weight excluding hydrogens is 568 g/mol. The van der Waals surface area contributed by atoms with E-state index in [1.807, 2.05) is 39.3 Å². The molecule has 0 aromatic rings. The average Bonchev–Trinajstić information content (AvgIpc) is 3.39. The van der Waals surface area contributed by atoms with E-state index in [0.29, 0.717) is 32.4 Å². The van der Waals surface area contributed by atoms with Crippen molar-refractivity contribution in [2.75, 3.05) is 34.2 Å². The summed E-state index contributed by atoms with van der Waals surface area (Å²) in [5.41, 5.74) is -0.720. The van der Waals surface area contributed by atoms with Crippen molar-refractivity contribution in [1.82, 2.24) is 30.2 Å². The van der Waals surface area contributed by atoms with Gasteiger partial charge in [-0.1, -0.05) is 60.8 Å². The molecule has 0 radical (unpaired) electrons. The van der Waals surface area contributed by atoms with Gasteiger partial charge >= 0.3 is 6.03 Å². The lowest BCUT2D eigenvalue weighted by Crippen LogP contribution is -2.62. The minimum atomic E-state index is -0.778. The summed E-state index contributed by atoms with van der Waals surface area (Å²) in [5.74, 6) is -0.372. The zero-order chi connectivity index (χ0) is 32.5. The minimum Gasteiger partial charge on any atom is -0.345 e. The van der Waals surface area contributed by atoms with Crippen LogP contribution in [0.15, 0.2) is 0 Å². The van der Waals surface area contributed by atoms with Crippen molar-refractivity contribution in [3.8, 4) is 0 Å². The molecule has 0 bridgehead atoms. The number of carbonyl (C=O) groups excluding carboxylic acids is 4. The number of likely N-dealkylation sites (tertiary alicyclic amines) is 1. The Morgan fingerprint density at radius 3 is 2.16 bits per heavy atom. The van der Waals surface area contributed by atoms with Gasteiger partial charge in [-0.25, -0.2) is 13.4 Å². The molecule has 2 aliphatic rings. The second kappa shape index (κ2) is 16.4. The summed E-state index contributed by atoms with van der Waals surface area (Å²) in [5, 5.41) is 10.8. The van der Waals surface area contributed by atoms with E-state index in [4.69, 9.17) is 4.28 Å². The Kier molecular flexibility index (Phi) is 14.3. The number of nitrogens with one attached hydrogen (secondary N) is 3. The molecule has 4 atom stereocenters. The smallest absolute Gasteiger partial charge is 0.315 e. The van der Waals surface area contributed by atoms with Gasteiger partial charge in [0.15, 0.2) is 5.78 Å². The topological polar surface area (TPSA) is 123 Å². The van der Waals surface area contributed by atoms with Crippen molar-refractivity contribution in [2.24, 2.45) is 16.7 Å². The van der Waals surface area contributed by atoms with Crippen LogP contribution in [0.5, 0.6) is 0 Å². The van der Waals surface area contributed by atoms with Crippen molar-refractivity contribution < 1.29 is 23.5 Å². The third-order valence-electron chi connectivity index (χ3n) is 8.67. The van der Waals surface area contributed by atoms with Gasteiger partial charge in [0.05, 0.1) is 12.1 Å². The summed E-state index contributed by atoms with van der Waals surface area (Å²) in [6.45, 7) is 14.6. The summed E-state index contributed by atoms with van der Waals surface area (Å²) < 4.78 is 7.52. The Morgan fingerprint density at radius 2 is 1.63 bits per heavy atom. The van der Waals surface area contributed by atoms with E-state index >= 15 is 0 Å². The Hall–Kier alpha value is -1.89. The van der Waals surface area contributed by atoms with Crippen LogP contribution in [0.25, 0.3) is 0 Å². The van der Waals surface area contributed by atoms with E-state index in [0.717, 1.165) is 32.1 Å². The lowest BCUT2D eigenvalue weighted by Gasteiger charge is -2.43. The van der Waals surface area contributed by atoms with E-state index < -0.39 is 29.6 Å². The number of amides is 4. The molecule has 43 heavy (non-hydrogen) atoms. The predicted octanol–water partition coefficient (Wildman–Crippen LogP) is 4.14. The zero-order valence-electron chi connectivity index (χ0n) is 28.2. The third-order valence-corrected chi connectivity index (χ3v) is 9.29. The third kappa shape index (κ3) is 11.5. The first kappa shape index (κ1) is 37.3. The number of likely N-dealkylation sites (N-methyl/N-ethyl adjacent to an activating group) is 1. The maximum Gasteiger partial charge on any atom is 0.315 e. The molecule has 1 heterocycles. The van der Waals surface area contributed by atoms with Crippen molar-refractivity contribution in [2.45, 2.75) is 124 Å². The first-order chi connectivity index (χ1) is 19.9. The van der Waals surface area contributed by atoms with Crippen LogP contribution in [-0.2, 0) is 18.7 Å². The van der Waals surface area contributed by atoms with E-state index in [9.17, 15) is 19.2 Å². The molecule has 1 saturated heterocycles. The number of carbonyl (C=O) groups is 4. The van der Waals surface area contributed by atoms with E-state index in [-0.39, 0.29) is 35.0 Å². The highest BCUT2D eigenvalue weighted by Gasteiger charge is 2.46. The van der Waals surface area contributed by atoms with E-state index in [1.165, 1.54) is 19.2 Å². The standard InChI is InChI=1S/C31H58N6O5S/c1-21(2)19-23(22(3)38)32-27(39)24-15-14-18-37(24)28(40)26(31(7)16-12-11-13-17-31)34-29(41)33-25(30(4,5)6)20-36(10)42-43-35(8)9/h21,23-26H,11-20H2,1-10H3,(H,32,39)(H2,33,34,41). The Balaban J connectivity index is 2.25. The first-order valence-corrected chi connectivity index (χ1v) is 16.6. The average molecular weight is 627 g/mol. The number of ketones is 1. The van der Waals surface area contributed by atoms with Crippen LogP contribution in [0.2, 0.25) is 0 Å². The Labute approximate surface area is 264 Å². The summed E-state index contributed by atoms with van der Waals surface area (Å²) in [7, 11) is 5.59. The molecule has 11 nitrogen and oxygen atoms in total. The van der Waals surface area contributed by atoms with Gasteiger partial charge in [-0.3, -0.25) is 14.4 Å². The molecule has 3 N–H and O–H groups in total. The lowest BCUT2D eigenvalue weighted by molar-refractivity contribution is -0.143. The maximum absolute atomic E-state index is 14.3. The maximum atomic E-state index is 14.3. The zero-order valence-corrected chi connectivity index (χ0v) is 29.1. The van der Waals surface area contributed by atoms with Crippen molar-refractivity contribution in [3.63, 3.8) is 0 Å². The molecule has 0 aromatic heterocycles. The van der Waals surface area contributed by atoms with Gasteiger partial charge in [-0.15, -0.1) is 0 Å². The molecule has 4 unspecified atom stereocenters. The molecule has 1 saturated carbocycles. The highest BCUT2D eigenvalue weighted by molar-refractivity contribution is 7.92. The molecule has 2 rings (SSSR count). The largest absolute Gasteiger partial charge is 0.345 e. The quantitative estimate of drug-likeness (QED) is 0.149. The Morgan fingerprint density at radius 1 is 1.00 bits per heavy atom. The van der Waals surface area contributed by atoms with E-state index in [2.05, 4.69) is 43.6 Å².